The molecule has 1 aliphatic rings. The highest BCUT2D eigenvalue weighted by Crippen LogP contribution is 2.33. The largest absolute Gasteiger partial charge is 0.398 e. The maximum Gasteiger partial charge on any atom is 0.160 e. The highest BCUT2D eigenvalue weighted by Gasteiger charge is 2.26. The predicted octanol–water partition coefficient (Wildman–Crippen LogP) is 2.19. The molecule has 3 aromatic rings. The second kappa shape index (κ2) is 3.82. The van der Waals surface area contributed by atoms with Crippen molar-refractivity contribution < 1.29 is 0 Å². The summed E-state index contributed by atoms with van der Waals surface area (Å²) in [6.07, 6.45) is 3.98. The Hall–Kier alpha value is -2.36. The monoisotopic (exact) mass is 250 g/mol. The molecule has 0 amide bonds. The van der Waals surface area contributed by atoms with Gasteiger partial charge in [0, 0.05) is 17.8 Å². The first kappa shape index (κ1) is 10.6. The Balaban J connectivity index is 1.79. The molecule has 1 aromatic carbocycles. The first-order valence-corrected chi connectivity index (χ1v) is 6.48. The van der Waals surface area contributed by atoms with E-state index in [-0.39, 0.29) is 0 Å². The van der Waals surface area contributed by atoms with Crippen LogP contribution in [-0.2, 0) is 12.8 Å². The third kappa shape index (κ3) is 1.60. The van der Waals surface area contributed by atoms with Crippen LogP contribution in [0, 0.1) is 0 Å². The predicted molar refractivity (Wildman–Crippen MR) is 74.0 cm³/mol. The van der Waals surface area contributed by atoms with Gasteiger partial charge in [-0.25, -0.2) is 0 Å². The first-order chi connectivity index (χ1) is 9.31. The van der Waals surface area contributed by atoms with E-state index < -0.39 is 0 Å². The van der Waals surface area contributed by atoms with Gasteiger partial charge >= 0.3 is 0 Å². The van der Waals surface area contributed by atoms with Gasteiger partial charge < -0.3 is 5.73 Å². The molecule has 19 heavy (non-hydrogen) atoms. The van der Waals surface area contributed by atoms with Crippen molar-refractivity contribution in [2.45, 2.75) is 18.8 Å². The number of pyridine rings is 1. The fourth-order valence-corrected chi connectivity index (χ4v) is 2.94. The van der Waals surface area contributed by atoms with Gasteiger partial charge in [-0.15, -0.1) is 10.2 Å². The number of benzene rings is 1. The van der Waals surface area contributed by atoms with Crippen LogP contribution in [0.3, 0.4) is 0 Å². The van der Waals surface area contributed by atoms with Crippen LogP contribution in [-0.4, -0.2) is 14.6 Å². The second-order valence-corrected chi connectivity index (χ2v) is 5.12. The lowest BCUT2D eigenvalue weighted by atomic mass is 10.1. The van der Waals surface area contributed by atoms with Crippen molar-refractivity contribution in [3.63, 3.8) is 0 Å². The minimum atomic E-state index is 0.397. The van der Waals surface area contributed by atoms with E-state index in [9.17, 15) is 0 Å². The molecule has 4 heteroatoms. The number of rotatable bonds is 1. The molecule has 94 valence electrons. The molecule has 0 unspecified atom stereocenters. The molecule has 4 nitrogen and oxygen atoms in total. The summed E-state index contributed by atoms with van der Waals surface area (Å²) in [6.45, 7) is 0. The average molecular weight is 250 g/mol. The summed E-state index contributed by atoms with van der Waals surface area (Å²) in [5.41, 5.74) is 10.3. The van der Waals surface area contributed by atoms with Crippen molar-refractivity contribution >= 4 is 11.3 Å². The maximum atomic E-state index is 5.86. The zero-order valence-electron chi connectivity index (χ0n) is 10.5. The third-order valence-corrected chi connectivity index (χ3v) is 3.87. The first-order valence-electron chi connectivity index (χ1n) is 6.48. The second-order valence-electron chi connectivity index (χ2n) is 5.12. The average Bonchev–Trinajstić information content (AvgIpc) is 3.00. The molecule has 2 heterocycles. The van der Waals surface area contributed by atoms with Crippen LogP contribution in [0.5, 0.6) is 0 Å². The van der Waals surface area contributed by atoms with Crippen molar-refractivity contribution in [1.82, 2.24) is 14.6 Å². The molecule has 0 aliphatic heterocycles. The fraction of sp³-hybridized carbons (Fsp3) is 0.200. The van der Waals surface area contributed by atoms with Crippen LogP contribution >= 0.6 is 0 Å². The van der Waals surface area contributed by atoms with Gasteiger partial charge in [-0.3, -0.25) is 4.40 Å². The lowest BCUT2D eigenvalue weighted by Gasteiger charge is -2.07. The number of aromatic nitrogens is 3. The molecule has 1 aliphatic carbocycles. The van der Waals surface area contributed by atoms with E-state index in [2.05, 4.69) is 34.5 Å². The topological polar surface area (TPSA) is 56.2 Å². The Morgan fingerprint density at radius 1 is 1.00 bits per heavy atom. The molecule has 2 N–H and O–H groups in total. The zero-order valence-corrected chi connectivity index (χ0v) is 10.5. The SMILES string of the molecule is Nc1ccc2nnc(C3Cc4ccccc4C3)n2c1. The van der Waals surface area contributed by atoms with E-state index in [4.69, 9.17) is 5.73 Å². The van der Waals surface area contributed by atoms with Gasteiger partial charge in [0.05, 0.1) is 0 Å². The molecule has 0 bridgehead atoms. The maximum absolute atomic E-state index is 5.86. The Morgan fingerprint density at radius 3 is 2.47 bits per heavy atom. The number of nitrogens with two attached hydrogens (primary N) is 1. The highest BCUT2D eigenvalue weighted by molar-refractivity contribution is 5.48. The van der Waals surface area contributed by atoms with Crippen molar-refractivity contribution in [2.24, 2.45) is 0 Å². The number of fused-ring (bicyclic) bond motifs is 2. The Bertz CT molecular complexity index is 735. The summed E-state index contributed by atoms with van der Waals surface area (Å²) in [4.78, 5) is 0. The van der Waals surface area contributed by atoms with Gasteiger partial charge in [0.25, 0.3) is 0 Å². The van der Waals surface area contributed by atoms with E-state index in [1.54, 1.807) is 0 Å². The van der Waals surface area contributed by atoms with Gasteiger partial charge in [0.2, 0.25) is 0 Å². The molecule has 0 spiro atoms. The summed E-state index contributed by atoms with van der Waals surface area (Å²) in [5, 5.41) is 8.58. The Morgan fingerprint density at radius 2 is 1.74 bits per heavy atom. The van der Waals surface area contributed by atoms with E-state index in [1.807, 2.05) is 22.7 Å². The number of nitrogen functional groups attached to an aromatic ring is 1. The van der Waals surface area contributed by atoms with Crippen LogP contribution < -0.4 is 5.73 Å². The molecular weight excluding hydrogens is 236 g/mol. The summed E-state index contributed by atoms with van der Waals surface area (Å²) >= 11 is 0. The smallest absolute Gasteiger partial charge is 0.160 e. The van der Waals surface area contributed by atoms with Crippen LogP contribution in [0.2, 0.25) is 0 Å². The standard InChI is InChI=1S/C15H14N4/c16-13-5-6-14-17-18-15(19(14)9-13)12-7-10-3-1-2-4-11(10)8-12/h1-6,9,12H,7-8,16H2. The van der Waals surface area contributed by atoms with E-state index in [1.165, 1.54) is 11.1 Å². The minimum absolute atomic E-state index is 0.397. The van der Waals surface area contributed by atoms with E-state index >= 15 is 0 Å². The third-order valence-electron chi connectivity index (χ3n) is 3.87. The molecule has 2 aromatic heterocycles. The lowest BCUT2D eigenvalue weighted by molar-refractivity contribution is 0.672. The number of nitrogens with zero attached hydrogens (tertiary/aromatic N) is 3. The summed E-state index contributed by atoms with van der Waals surface area (Å²) in [7, 11) is 0. The summed E-state index contributed by atoms with van der Waals surface area (Å²) in [6, 6.07) is 12.4. The normalized spacial score (nSPS) is 14.9. The molecular formula is C15H14N4. The van der Waals surface area contributed by atoms with Gasteiger partial charge in [-0.2, -0.15) is 0 Å². The van der Waals surface area contributed by atoms with Gasteiger partial charge in [-0.05, 0) is 36.1 Å². The Labute approximate surface area is 110 Å². The number of hydrogen-bond acceptors (Lipinski definition) is 3. The number of anilines is 1. The zero-order chi connectivity index (χ0) is 12.8. The van der Waals surface area contributed by atoms with Crippen LogP contribution in [0.15, 0.2) is 42.6 Å². The molecule has 0 atom stereocenters. The van der Waals surface area contributed by atoms with Crippen molar-refractivity contribution in [3.05, 3.63) is 59.5 Å². The summed E-state index contributed by atoms with van der Waals surface area (Å²) in [5.74, 6) is 1.41. The molecule has 0 saturated carbocycles. The van der Waals surface area contributed by atoms with Gasteiger partial charge in [0.15, 0.2) is 5.65 Å². The molecule has 0 saturated heterocycles. The lowest BCUT2D eigenvalue weighted by Crippen LogP contribution is -2.04. The van der Waals surface area contributed by atoms with Gasteiger partial charge in [0.1, 0.15) is 5.82 Å². The van der Waals surface area contributed by atoms with E-state index in [0.717, 1.165) is 30.0 Å². The van der Waals surface area contributed by atoms with Gasteiger partial charge in [-0.1, -0.05) is 24.3 Å². The molecule has 4 rings (SSSR count). The minimum Gasteiger partial charge on any atom is -0.398 e. The van der Waals surface area contributed by atoms with E-state index in [0.29, 0.717) is 5.92 Å². The van der Waals surface area contributed by atoms with Crippen LogP contribution in [0.4, 0.5) is 5.69 Å². The Kier molecular flexibility index (Phi) is 2.12. The molecule has 0 radical (unpaired) electrons. The van der Waals surface area contributed by atoms with Crippen molar-refractivity contribution in [3.8, 4) is 0 Å². The summed E-state index contributed by atoms with van der Waals surface area (Å²) < 4.78 is 2.02. The fourth-order valence-electron chi connectivity index (χ4n) is 2.94. The van der Waals surface area contributed by atoms with Crippen molar-refractivity contribution in [1.29, 1.82) is 0 Å². The number of hydrogen-bond donors (Lipinski definition) is 1. The van der Waals surface area contributed by atoms with Crippen molar-refractivity contribution in [2.75, 3.05) is 5.73 Å². The van der Waals surface area contributed by atoms with Crippen LogP contribution in [0.1, 0.15) is 22.9 Å². The quantitative estimate of drug-likeness (QED) is 0.720. The highest BCUT2D eigenvalue weighted by atomic mass is 15.2. The molecule has 0 fully saturated rings. The van der Waals surface area contributed by atoms with Crippen LogP contribution in [0.25, 0.3) is 5.65 Å².